The number of benzene rings is 10. The minimum atomic E-state index is 0.436. The van der Waals surface area contributed by atoms with E-state index in [9.17, 15) is 0 Å². The van der Waals surface area contributed by atoms with Gasteiger partial charge in [0.2, 0.25) is 23.6 Å². The highest BCUT2D eigenvalue weighted by Crippen LogP contribution is 2.50. The maximum Gasteiger partial charge on any atom is 0.248 e. The monoisotopic (exact) mass is 952 g/mol. The molecule has 13 aromatic rings. The average Bonchev–Trinajstić information content (AvgIpc) is 4.25. The van der Waals surface area contributed by atoms with Crippen LogP contribution in [0.25, 0.3) is 111 Å². The Bertz CT molecular complexity index is 4320. The normalized spacial score (nSPS) is 12.5. The Morgan fingerprint density at radius 2 is 0.865 bits per heavy atom. The molecule has 1 aliphatic carbocycles. The minimum Gasteiger partial charge on any atom is -0.416 e. The van der Waals surface area contributed by atoms with E-state index in [-0.39, 0.29) is 0 Å². The zero-order valence-electron chi connectivity index (χ0n) is 40.0. The number of aromatic nitrogens is 5. The second-order valence-electron chi connectivity index (χ2n) is 18.5. The molecule has 8 nitrogen and oxygen atoms in total. The Labute approximate surface area is 426 Å². The molecule has 0 amide bonds. The van der Waals surface area contributed by atoms with Crippen LogP contribution in [0.1, 0.15) is 18.7 Å². The number of rotatable bonds is 10. The number of hydrogen-bond donors (Lipinski definition) is 0. The number of fused-ring (bicyclic) bond motifs is 5. The van der Waals surface area contributed by atoms with Crippen LogP contribution in [0.15, 0.2) is 252 Å². The molecule has 0 aliphatic heterocycles. The summed E-state index contributed by atoms with van der Waals surface area (Å²) in [7, 11) is 0. The zero-order valence-corrected chi connectivity index (χ0v) is 40.0. The van der Waals surface area contributed by atoms with Gasteiger partial charge in [-0.25, -0.2) is 0 Å². The molecule has 74 heavy (non-hydrogen) atoms. The highest BCUT2D eigenvalue weighted by molar-refractivity contribution is 6.24. The van der Waals surface area contributed by atoms with Crippen molar-refractivity contribution in [2.24, 2.45) is 0 Å². The van der Waals surface area contributed by atoms with Crippen molar-refractivity contribution >= 4 is 66.0 Å². The highest BCUT2D eigenvalue weighted by Gasteiger charge is 2.26. The van der Waals surface area contributed by atoms with Crippen molar-refractivity contribution < 1.29 is 8.83 Å². The summed E-state index contributed by atoms with van der Waals surface area (Å²) in [5.74, 6) is 1.87. The smallest absolute Gasteiger partial charge is 0.248 e. The molecule has 0 spiro atoms. The average molecular weight is 953 g/mol. The fraction of sp³-hybridized carbons (Fsp3) is 0.0303. The number of para-hydroxylation sites is 3. The molecule has 0 fully saturated rings. The Morgan fingerprint density at radius 1 is 0.365 bits per heavy atom. The van der Waals surface area contributed by atoms with Crippen molar-refractivity contribution in [2.75, 3.05) is 4.90 Å². The number of allylic oxidation sites excluding steroid dienone is 4. The van der Waals surface area contributed by atoms with Crippen LogP contribution in [0.4, 0.5) is 17.1 Å². The van der Waals surface area contributed by atoms with Crippen LogP contribution in [0.3, 0.4) is 0 Å². The largest absolute Gasteiger partial charge is 0.416 e. The first-order valence-corrected chi connectivity index (χ1v) is 24.9. The lowest BCUT2D eigenvalue weighted by Crippen LogP contribution is -2.10. The lowest BCUT2D eigenvalue weighted by Gasteiger charge is -2.27. The van der Waals surface area contributed by atoms with E-state index in [2.05, 4.69) is 230 Å². The van der Waals surface area contributed by atoms with Gasteiger partial charge in [-0.1, -0.05) is 158 Å². The standard InChI is InChI=1S/C66H44N6O2/c1-5-21-43(22-6-1)63-67-69-65(73-63)55-34-17-15-32-52(55)61-50-30-13-14-31-51(50)62(53-33-16-18-35-56(53)66-70-68-64(74-66)44-23-7-2-8-24-44)58-42-47(37-39-54(58)61)71(45-25-9-3-10-26-45)48-38-40-60-57(41-48)49-29-19-20-36-59(49)72(60)46-27-11-4-12-28-46/h2-5,7-42H,1,6H2. The summed E-state index contributed by atoms with van der Waals surface area (Å²) in [5.41, 5.74) is 14.0. The molecule has 3 aromatic heterocycles. The van der Waals surface area contributed by atoms with Crippen molar-refractivity contribution in [1.29, 1.82) is 0 Å². The molecule has 14 rings (SSSR count). The molecular formula is C66H44N6O2. The van der Waals surface area contributed by atoms with Gasteiger partial charge < -0.3 is 18.3 Å². The van der Waals surface area contributed by atoms with Gasteiger partial charge in [0.15, 0.2) is 0 Å². The number of hydrogen-bond acceptors (Lipinski definition) is 7. The third-order valence-electron chi connectivity index (χ3n) is 14.2. The molecule has 0 saturated carbocycles. The molecule has 8 heteroatoms. The van der Waals surface area contributed by atoms with Crippen LogP contribution in [0.5, 0.6) is 0 Å². The SMILES string of the molecule is C1=CC(c2nnc(-c3ccccc3-c3c4ccccc4c(-c4ccccc4-c4nnc(-c5ccccc5)o4)c4cc(N(c5ccccc5)c5ccc6c(c5)c5ccccc5n6-c5ccccc5)ccc34)o2)=CCC1. The Balaban J connectivity index is 1.03. The van der Waals surface area contributed by atoms with Crippen molar-refractivity contribution in [1.82, 2.24) is 25.0 Å². The van der Waals surface area contributed by atoms with Gasteiger partial charge >= 0.3 is 0 Å². The Morgan fingerprint density at radius 3 is 1.54 bits per heavy atom. The van der Waals surface area contributed by atoms with Gasteiger partial charge in [0.05, 0.1) is 11.0 Å². The summed E-state index contributed by atoms with van der Waals surface area (Å²) in [6.07, 6.45) is 8.32. The first-order valence-electron chi connectivity index (χ1n) is 24.9. The third kappa shape index (κ3) is 7.30. The van der Waals surface area contributed by atoms with Crippen molar-refractivity contribution in [2.45, 2.75) is 12.8 Å². The van der Waals surface area contributed by atoms with Gasteiger partial charge in [0, 0.05) is 55.8 Å². The summed E-state index contributed by atoms with van der Waals surface area (Å²) in [4.78, 5) is 2.37. The van der Waals surface area contributed by atoms with Crippen LogP contribution in [-0.2, 0) is 0 Å². The summed E-state index contributed by atoms with van der Waals surface area (Å²) >= 11 is 0. The van der Waals surface area contributed by atoms with Gasteiger partial charge in [-0.2, -0.15) is 0 Å². The molecule has 1 aliphatic rings. The van der Waals surface area contributed by atoms with E-state index in [0.717, 1.165) is 118 Å². The Hall–Kier alpha value is -9.92. The second kappa shape index (κ2) is 18.0. The summed E-state index contributed by atoms with van der Waals surface area (Å²) < 4.78 is 15.5. The lowest BCUT2D eigenvalue weighted by atomic mass is 9.83. The van der Waals surface area contributed by atoms with E-state index in [0.29, 0.717) is 23.6 Å². The van der Waals surface area contributed by atoms with Crippen molar-refractivity contribution in [3.63, 3.8) is 0 Å². The summed E-state index contributed by atoms with van der Waals surface area (Å²) in [6, 6.07) is 78.9. The number of anilines is 3. The third-order valence-corrected chi connectivity index (χ3v) is 14.2. The fourth-order valence-corrected chi connectivity index (χ4v) is 10.9. The van der Waals surface area contributed by atoms with E-state index < -0.39 is 0 Å². The topological polar surface area (TPSA) is 86.0 Å². The van der Waals surface area contributed by atoms with Gasteiger partial charge in [-0.3, -0.25) is 0 Å². The predicted octanol–water partition coefficient (Wildman–Crippen LogP) is 17.4. The molecule has 10 aromatic carbocycles. The maximum atomic E-state index is 6.56. The molecule has 0 N–H and O–H groups in total. The molecular weight excluding hydrogens is 909 g/mol. The summed E-state index contributed by atoms with van der Waals surface area (Å²) in [6.45, 7) is 0. The first-order chi connectivity index (χ1) is 36.7. The van der Waals surface area contributed by atoms with Crippen LogP contribution >= 0.6 is 0 Å². The zero-order chi connectivity index (χ0) is 49.0. The highest BCUT2D eigenvalue weighted by atomic mass is 16.4. The van der Waals surface area contributed by atoms with Crippen molar-refractivity contribution in [3.8, 4) is 62.3 Å². The molecule has 3 heterocycles. The molecule has 350 valence electrons. The molecule has 0 bridgehead atoms. The van der Waals surface area contributed by atoms with E-state index in [1.807, 2.05) is 42.5 Å². The van der Waals surface area contributed by atoms with Crippen LogP contribution in [-0.4, -0.2) is 25.0 Å². The first kappa shape index (κ1) is 42.9. The van der Waals surface area contributed by atoms with Crippen LogP contribution in [0, 0.1) is 0 Å². The number of nitrogens with zero attached hydrogens (tertiary/aromatic N) is 6. The van der Waals surface area contributed by atoms with E-state index in [1.54, 1.807) is 0 Å². The molecule has 0 atom stereocenters. The maximum absolute atomic E-state index is 6.56. The van der Waals surface area contributed by atoms with Crippen LogP contribution < -0.4 is 4.90 Å². The molecule has 0 unspecified atom stereocenters. The van der Waals surface area contributed by atoms with E-state index in [4.69, 9.17) is 8.83 Å². The van der Waals surface area contributed by atoms with Gasteiger partial charge in [-0.15, -0.1) is 20.4 Å². The quantitative estimate of drug-likeness (QED) is 0.126. The minimum absolute atomic E-state index is 0.436. The summed E-state index contributed by atoms with van der Waals surface area (Å²) in [5, 5.41) is 25.1. The van der Waals surface area contributed by atoms with Crippen molar-refractivity contribution in [3.05, 3.63) is 249 Å². The Kier molecular flexibility index (Phi) is 10.5. The molecule has 0 saturated heterocycles. The predicted molar refractivity (Wildman–Crippen MR) is 300 cm³/mol. The van der Waals surface area contributed by atoms with Gasteiger partial charge in [0.25, 0.3) is 0 Å². The molecule has 0 radical (unpaired) electrons. The lowest BCUT2D eigenvalue weighted by molar-refractivity contribution is 0.554. The van der Waals surface area contributed by atoms with E-state index >= 15 is 0 Å². The fourth-order valence-electron chi connectivity index (χ4n) is 10.9. The van der Waals surface area contributed by atoms with Gasteiger partial charge in [0.1, 0.15) is 0 Å². The second-order valence-corrected chi connectivity index (χ2v) is 18.5. The van der Waals surface area contributed by atoms with E-state index in [1.165, 1.54) is 5.39 Å². The van der Waals surface area contributed by atoms with Crippen LogP contribution in [0.2, 0.25) is 0 Å². The van der Waals surface area contributed by atoms with Gasteiger partial charge in [-0.05, 0) is 142 Å².